The number of ketones is 1. The van der Waals surface area contributed by atoms with Gasteiger partial charge in [0.05, 0.1) is 11.8 Å². The summed E-state index contributed by atoms with van der Waals surface area (Å²) in [4.78, 5) is 0. The number of hydrogen-bond donors (Lipinski definition) is 0. The second kappa shape index (κ2) is 2.10. The van der Waals surface area contributed by atoms with Crippen LogP contribution in [0.3, 0.4) is 0 Å². The summed E-state index contributed by atoms with van der Waals surface area (Å²) in [5.74, 6) is 1.15. The molecule has 60 valence electrons. The third-order valence-electron chi connectivity index (χ3n) is 2.80. The number of rotatable bonds is 0. The van der Waals surface area contributed by atoms with Gasteiger partial charge in [0.25, 0.3) is 0 Å². The first-order chi connectivity index (χ1) is 5.23. The summed E-state index contributed by atoms with van der Waals surface area (Å²) in [6.45, 7) is 1.99. The molecule has 0 aromatic heterocycles. The molecule has 1 fully saturated rings. The predicted octanol–water partition coefficient (Wildman–Crippen LogP) is 0.887. The second-order valence-electron chi connectivity index (χ2n) is 3.56. The fourth-order valence-corrected chi connectivity index (χ4v) is 1.88. The van der Waals surface area contributed by atoms with E-state index in [4.69, 9.17) is 4.42 Å². The van der Waals surface area contributed by atoms with Crippen LogP contribution in [-0.2, 0) is 4.42 Å². The zero-order valence-electron chi connectivity index (χ0n) is 6.72. The van der Waals surface area contributed by atoms with E-state index >= 15 is 0 Å². The molecule has 2 rings (SSSR count). The predicted molar refractivity (Wildman–Crippen MR) is 39.7 cm³/mol. The van der Waals surface area contributed by atoms with E-state index < -0.39 is 0 Å². The Balaban J connectivity index is 2.33. The molecule has 1 atom stereocenters. The van der Waals surface area contributed by atoms with Crippen molar-refractivity contribution in [2.45, 2.75) is 32.6 Å². The monoisotopic (exact) mass is 152 g/mol. The van der Waals surface area contributed by atoms with Crippen LogP contribution in [0.15, 0.2) is 12.0 Å². The van der Waals surface area contributed by atoms with Crippen molar-refractivity contribution in [3.8, 4) is 0 Å². The van der Waals surface area contributed by atoms with Gasteiger partial charge in [-0.1, -0.05) is 6.42 Å². The van der Waals surface area contributed by atoms with Crippen molar-refractivity contribution in [1.82, 2.24) is 0 Å². The summed E-state index contributed by atoms with van der Waals surface area (Å²) in [6.07, 6.45) is 5.64. The summed E-state index contributed by atoms with van der Waals surface area (Å²) >= 11 is 0. The molecule has 0 aromatic rings. The van der Waals surface area contributed by atoms with E-state index in [2.05, 4.69) is 0 Å². The highest BCUT2D eigenvalue weighted by atomic mass is 16.4. The molecule has 2 aliphatic rings. The van der Waals surface area contributed by atoms with Crippen molar-refractivity contribution in [1.29, 1.82) is 0 Å². The lowest BCUT2D eigenvalue weighted by atomic mass is 9.74. The van der Waals surface area contributed by atoms with E-state index in [0.717, 1.165) is 25.0 Å². The summed E-state index contributed by atoms with van der Waals surface area (Å²) in [7, 11) is 0. The first-order valence-corrected chi connectivity index (χ1v) is 4.14. The van der Waals surface area contributed by atoms with Gasteiger partial charge in [-0.2, -0.15) is 0 Å². The first kappa shape index (κ1) is 6.89. The van der Waals surface area contributed by atoms with Crippen LogP contribution in [0.5, 0.6) is 0 Å². The normalized spacial score (nSPS) is 36.1. The fourth-order valence-electron chi connectivity index (χ4n) is 1.88. The lowest BCUT2D eigenvalue weighted by Crippen LogP contribution is -2.35. The Hall–Kier alpha value is -0.790. The molecule has 1 aliphatic heterocycles. The highest BCUT2D eigenvalue weighted by Crippen LogP contribution is 2.39. The number of fused-ring (bicyclic) bond motifs is 1. The third-order valence-corrected chi connectivity index (χ3v) is 2.80. The SMILES string of the molecule is CC12CCCCC1=[O+]C=C2[O-]. The van der Waals surface area contributed by atoms with E-state index in [1.807, 2.05) is 6.92 Å². The molecule has 1 heterocycles. The van der Waals surface area contributed by atoms with Crippen LogP contribution in [0.1, 0.15) is 32.6 Å². The topological polar surface area (TPSA) is 34.4 Å². The Bertz CT molecular complexity index is 240. The smallest absolute Gasteiger partial charge is 0.314 e. The van der Waals surface area contributed by atoms with Crippen LogP contribution in [0.25, 0.3) is 0 Å². The lowest BCUT2D eigenvalue weighted by Gasteiger charge is -2.28. The van der Waals surface area contributed by atoms with E-state index in [1.54, 1.807) is 0 Å². The van der Waals surface area contributed by atoms with Gasteiger partial charge in [0.2, 0.25) is 0 Å². The molecule has 1 saturated carbocycles. The quantitative estimate of drug-likeness (QED) is 0.474. The van der Waals surface area contributed by atoms with Gasteiger partial charge in [0, 0.05) is 0 Å². The molecule has 0 bridgehead atoms. The number of allylic oxidation sites excluding steroid dienone is 1. The standard InChI is InChI=1S/C9H12O2/c1-9-5-3-2-4-8(9)11-6-7(9)10/h6H,2-5H2,1H3. The zero-order valence-corrected chi connectivity index (χ0v) is 6.72. The van der Waals surface area contributed by atoms with Crippen molar-refractivity contribution in [2.75, 3.05) is 0 Å². The molecule has 0 aromatic carbocycles. The van der Waals surface area contributed by atoms with Crippen molar-refractivity contribution in [2.24, 2.45) is 5.41 Å². The second-order valence-corrected chi connectivity index (χ2v) is 3.56. The first-order valence-electron chi connectivity index (χ1n) is 4.14. The Morgan fingerprint density at radius 3 is 3.09 bits per heavy atom. The minimum absolute atomic E-state index is 0.159. The van der Waals surface area contributed by atoms with Gasteiger partial charge in [-0.15, -0.1) is 0 Å². The molecule has 11 heavy (non-hydrogen) atoms. The Labute approximate surface area is 66.2 Å². The van der Waals surface area contributed by atoms with E-state index in [0.29, 0.717) is 0 Å². The summed E-state index contributed by atoms with van der Waals surface area (Å²) < 4.78 is 5.21. The molecular formula is C9H12O2. The summed E-state index contributed by atoms with van der Waals surface area (Å²) in [5.41, 5.74) is -0.252. The largest absolute Gasteiger partial charge is 0.869 e. The molecule has 0 amide bonds. The van der Waals surface area contributed by atoms with E-state index in [9.17, 15) is 5.11 Å². The van der Waals surface area contributed by atoms with Crippen molar-refractivity contribution in [3.63, 3.8) is 0 Å². The van der Waals surface area contributed by atoms with Crippen LogP contribution in [0, 0.1) is 5.41 Å². The Kier molecular flexibility index (Phi) is 1.31. The van der Waals surface area contributed by atoms with Crippen LogP contribution in [0.2, 0.25) is 0 Å². The molecule has 1 aliphatic carbocycles. The minimum atomic E-state index is -0.252. The van der Waals surface area contributed by atoms with Gasteiger partial charge < -0.3 is 5.11 Å². The van der Waals surface area contributed by atoms with E-state index in [-0.39, 0.29) is 11.2 Å². The Morgan fingerprint density at radius 1 is 1.55 bits per heavy atom. The number of carbonyl (C=O) groups excluding carboxylic acids is 1. The van der Waals surface area contributed by atoms with Crippen LogP contribution >= 0.6 is 0 Å². The number of hydrogen-bond acceptors (Lipinski definition) is 1. The molecule has 1 unspecified atom stereocenters. The average molecular weight is 152 g/mol. The van der Waals surface area contributed by atoms with E-state index in [1.165, 1.54) is 12.7 Å². The van der Waals surface area contributed by atoms with Crippen LogP contribution in [-0.4, -0.2) is 5.78 Å². The highest BCUT2D eigenvalue weighted by Gasteiger charge is 2.45. The van der Waals surface area contributed by atoms with Gasteiger partial charge >= 0.3 is 12.0 Å². The molecule has 0 saturated heterocycles. The minimum Gasteiger partial charge on any atom is -0.869 e. The highest BCUT2D eigenvalue weighted by molar-refractivity contribution is 5.89. The average Bonchev–Trinajstić information content (AvgIpc) is 2.29. The maximum absolute atomic E-state index is 11.3. The van der Waals surface area contributed by atoms with Crippen molar-refractivity contribution < 1.29 is 9.53 Å². The van der Waals surface area contributed by atoms with Crippen molar-refractivity contribution in [3.05, 3.63) is 12.0 Å². The molecular weight excluding hydrogens is 140 g/mol. The molecule has 2 heteroatoms. The van der Waals surface area contributed by atoms with Crippen LogP contribution < -0.4 is 5.11 Å². The van der Waals surface area contributed by atoms with Gasteiger partial charge in [-0.25, -0.2) is 4.42 Å². The molecule has 2 nitrogen and oxygen atoms in total. The zero-order chi connectivity index (χ0) is 7.90. The molecule has 0 spiro atoms. The summed E-state index contributed by atoms with van der Waals surface area (Å²) in [5, 5.41) is 11.3. The molecule has 0 N–H and O–H groups in total. The maximum Gasteiger partial charge on any atom is 0.314 e. The van der Waals surface area contributed by atoms with Crippen LogP contribution in [0.4, 0.5) is 0 Å². The lowest BCUT2D eigenvalue weighted by molar-refractivity contribution is -0.385. The Morgan fingerprint density at radius 2 is 2.36 bits per heavy atom. The van der Waals surface area contributed by atoms with Gasteiger partial charge in [-0.05, 0) is 25.5 Å². The summed E-state index contributed by atoms with van der Waals surface area (Å²) in [6, 6.07) is 0. The van der Waals surface area contributed by atoms with Gasteiger partial charge in [-0.3, -0.25) is 0 Å². The maximum atomic E-state index is 11.3. The molecule has 0 radical (unpaired) electrons. The third kappa shape index (κ3) is 0.817. The van der Waals surface area contributed by atoms with Gasteiger partial charge in [0.15, 0.2) is 0 Å². The van der Waals surface area contributed by atoms with Gasteiger partial charge in [0.1, 0.15) is 0 Å². The van der Waals surface area contributed by atoms with Crippen molar-refractivity contribution >= 4 is 5.78 Å². The fraction of sp³-hybridized carbons (Fsp3) is 0.667.